The zero-order valence-electron chi connectivity index (χ0n) is 33.2. The van der Waals surface area contributed by atoms with Crippen LogP contribution in [0.5, 0.6) is 0 Å². The lowest BCUT2D eigenvalue weighted by molar-refractivity contribution is 1.03. The van der Waals surface area contributed by atoms with Crippen molar-refractivity contribution in [2.45, 2.75) is 6.54 Å². The minimum absolute atomic E-state index is 0.508. The van der Waals surface area contributed by atoms with Gasteiger partial charge in [-0.1, -0.05) is 176 Å². The molecule has 0 fully saturated rings. The van der Waals surface area contributed by atoms with Crippen LogP contribution < -0.4 is 15.5 Å². The summed E-state index contributed by atoms with van der Waals surface area (Å²) in [6.07, 6.45) is 6.45. The molecule has 0 unspecified atom stereocenters. The zero-order valence-corrected chi connectivity index (χ0v) is 33.2. The molecule has 2 N–H and O–H groups in total. The molecular formula is C53H44N6. The molecule has 8 aromatic rings. The number of hydrogen-bond donors (Lipinski definition) is 2. The molecule has 6 heteroatoms. The number of nitrogens with one attached hydrogen (secondary N) is 2. The fourth-order valence-electron chi connectivity index (χ4n) is 7.78. The number of nitrogens with zero attached hydrogens (tertiary/aromatic N) is 4. The third-order valence-corrected chi connectivity index (χ3v) is 10.8. The van der Waals surface area contributed by atoms with Crippen LogP contribution in [0.4, 0.5) is 22.7 Å². The summed E-state index contributed by atoms with van der Waals surface area (Å²) in [5.74, 6) is 1.46. The van der Waals surface area contributed by atoms with Crippen molar-refractivity contribution in [2.75, 3.05) is 30.9 Å². The van der Waals surface area contributed by atoms with Crippen LogP contribution in [0.15, 0.2) is 197 Å². The monoisotopic (exact) mass is 764 g/mol. The number of benzene rings is 8. The van der Waals surface area contributed by atoms with E-state index in [9.17, 15) is 0 Å². The molecule has 0 aromatic heterocycles. The van der Waals surface area contributed by atoms with Crippen LogP contribution in [0.1, 0.15) is 27.8 Å². The minimum Gasteiger partial charge on any atom is -0.373 e. The number of fused-ring (bicyclic) bond motifs is 4. The number of rotatable bonds is 9. The maximum atomic E-state index is 5.28. The molecule has 9 rings (SSSR count). The first kappa shape index (κ1) is 37.0. The van der Waals surface area contributed by atoms with E-state index in [4.69, 9.17) is 15.0 Å². The maximum Gasteiger partial charge on any atom is 0.157 e. The number of aliphatic imine (C=N–C) groups is 3. The molecule has 6 nitrogen and oxygen atoms in total. The van der Waals surface area contributed by atoms with Gasteiger partial charge in [-0.05, 0) is 39.6 Å². The maximum absolute atomic E-state index is 5.28. The van der Waals surface area contributed by atoms with Crippen molar-refractivity contribution < 1.29 is 0 Å². The van der Waals surface area contributed by atoms with E-state index in [0.717, 1.165) is 73.8 Å². The normalized spacial score (nSPS) is 12.9. The summed E-state index contributed by atoms with van der Waals surface area (Å²) in [4.78, 5) is 17.6. The number of anilines is 3. The van der Waals surface area contributed by atoms with Crippen molar-refractivity contribution in [3.63, 3.8) is 0 Å². The van der Waals surface area contributed by atoms with Gasteiger partial charge in [0.05, 0.1) is 23.6 Å². The van der Waals surface area contributed by atoms with E-state index >= 15 is 0 Å². The third kappa shape index (κ3) is 7.89. The standard InChI is InChI=1S/C53H44N6/c1-54-52(41-16-5-3-6-17-41)58-53(42-18-7-4-8-19-42)56-35-37-26-28-38(29-27-37)39-30-32-44(33-31-39)57-50-46-23-11-12-24-47(46)51-48(25-14-34-59(51)2)49(50)55-36-43-21-13-20-40-15-9-10-22-45(40)43/h3-33,36,57H,34-35H2,1-2H3,(H,54,56,58). The Morgan fingerprint density at radius 1 is 0.644 bits per heavy atom. The fourth-order valence-corrected chi connectivity index (χ4v) is 7.78. The quantitative estimate of drug-likeness (QED) is 0.114. The van der Waals surface area contributed by atoms with Crippen LogP contribution in [0.25, 0.3) is 38.7 Å². The predicted molar refractivity (Wildman–Crippen MR) is 251 cm³/mol. The Kier molecular flexibility index (Phi) is 10.6. The highest BCUT2D eigenvalue weighted by Gasteiger charge is 2.22. The first-order valence-electron chi connectivity index (χ1n) is 20.0. The van der Waals surface area contributed by atoms with Gasteiger partial charge in [0.25, 0.3) is 0 Å². The van der Waals surface area contributed by atoms with Crippen molar-refractivity contribution in [1.29, 1.82) is 0 Å². The molecule has 0 atom stereocenters. The minimum atomic E-state index is 0.508. The zero-order chi connectivity index (χ0) is 40.0. The SMILES string of the molecule is CNC(=NC(=NCc1ccc(-c2ccc(Nc3c(N=Cc4cccc5ccccc45)c4c(c5ccccc35)N(C)CC=C4)cc2)cc1)c1ccccc1)c1ccccc1. The molecule has 0 radical (unpaired) electrons. The molecule has 0 saturated carbocycles. The highest BCUT2D eigenvalue weighted by atomic mass is 15.1. The summed E-state index contributed by atoms with van der Waals surface area (Å²) >= 11 is 0. The predicted octanol–water partition coefficient (Wildman–Crippen LogP) is 12.2. The smallest absolute Gasteiger partial charge is 0.157 e. The second-order valence-corrected chi connectivity index (χ2v) is 14.6. The van der Waals surface area contributed by atoms with Crippen molar-refractivity contribution >= 4 is 68.3 Å². The summed E-state index contributed by atoms with van der Waals surface area (Å²) in [6.45, 7) is 1.36. The van der Waals surface area contributed by atoms with Crippen LogP contribution in [0, 0.1) is 0 Å². The second-order valence-electron chi connectivity index (χ2n) is 14.6. The van der Waals surface area contributed by atoms with Gasteiger partial charge in [-0.2, -0.15) is 0 Å². The Morgan fingerprint density at radius 2 is 1.27 bits per heavy atom. The molecule has 1 heterocycles. The Hall–Kier alpha value is -7.57. The van der Waals surface area contributed by atoms with Crippen LogP contribution in [0.3, 0.4) is 0 Å². The molecule has 0 amide bonds. The Bertz CT molecular complexity index is 2870. The summed E-state index contributed by atoms with van der Waals surface area (Å²) in [5, 5.41) is 11.8. The van der Waals surface area contributed by atoms with Crippen molar-refractivity contribution in [3.8, 4) is 11.1 Å². The van der Waals surface area contributed by atoms with Gasteiger partial charge in [0.15, 0.2) is 5.84 Å². The molecule has 286 valence electrons. The first-order chi connectivity index (χ1) is 29.1. The summed E-state index contributed by atoms with van der Waals surface area (Å²) < 4.78 is 0. The van der Waals surface area contributed by atoms with Gasteiger partial charge in [0.2, 0.25) is 0 Å². The average Bonchev–Trinajstić information content (AvgIpc) is 3.30. The van der Waals surface area contributed by atoms with Gasteiger partial charge in [0, 0.05) is 65.6 Å². The topological polar surface area (TPSA) is 64.4 Å². The van der Waals surface area contributed by atoms with Crippen LogP contribution in [0.2, 0.25) is 0 Å². The lowest BCUT2D eigenvalue weighted by Crippen LogP contribution is -2.21. The third-order valence-electron chi connectivity index (χ3n) is 10.8. The van der Waals surface area contributed by atoms with Gasteiger partial charge in [-0.25, -0.2) is 4.99 Å². The largest absolute Gasteiger partial charge is 0.373 e. The van der Waals surface area contributed by atoms with Gasteiger partial charge in [0.1, 0.15) is 5.84 Å². The molecule has 1 aliphatic rings. The van der Waals surface area contributed by atoms with Crippen LogP contribution in [-0.2, 0) is 6.54 Å². The number of amidine groups is 2. The van der Waals surface area contributed by atoms with E-state index in [1.165, 1.54) is 21.8 Å². The van der Waals surface area contributed by atoms with E-state index in [2.05, 4.69) is 150 Å². The Morgan fingerprint density at radius 3 is 2.00 bits per heavy atom. The lowest BCUT2D eigenvalue weighted by Gasteiger charge is -2.28. The highest BCUT2D eigenvalue weighted by Crippen LogP contribution is 2.47. The summed E-state index contributed by atoms with van der Waals surface area (Å²) in [5.41, 5.74) is 11.6. The van der Waals surface area contributed by atoms with E-state index in [1.807, 2.05) is 73.9 Å². The number of hydrogen-bond acceptors (Lipinski definition) is 4. The summed E-state index contributed by atoms with van der Waals surface area (Å²) in [7, 11) is 4.05. The summed E-state index contributed by atoms with van der Waals surface area (Å²) in [6, 6.07) is 61.0. The molecule has 0 aliphatic carbocycles. The molecule has 59 heavy (non-hydrogen) atoms. The molecular weight excluding hydrogens is 721 g/mol. The van der Waals surface area contributed by atoms with Gasteiger partial charge in [-0.15, -0.1) is 0 Å². The average molecular weight is 765 g/mol. The second kappa shape index (κ2) is 16.9. The van der Waals surface area contributed by atoms with Crippen molar-refractivity contribution in [3.05, 3.63) is 210 Å². The van der Waals surface area contributed by atoms with E-state index in [-0.39, 0.29) is 0 Å². The van der Waals surface area contributed by atoms with Crippen molar-refractivity contribution in [2.24, 2.45) is 15.0 Å². The van der Waals surface area contributed by atoms with Gasteiger partial charge in [-0.3, -0.25) is 9.98 Å². The molecule has 0 spiro atoms. The van der Waals surface area contributed by atoms with Crippen LogP contribution in [-0.4, -0.2) is 38.5 Å². The Balaban J connectivity index is 1.00. The molecule has 0 bridgehead atoms. The lowest BCUT2D eigenvalue weighted by atomic mass is 9.96. The van der Waals surface area contributed by atoms with E-state index in [0.29, 0.717) is 12.4 Å². The van der Waals surface area contributed by atoms with Gasteiger partial charge < -0.3 is 15.5 Å². The molecule has 8 aromatic carbocycles. The van der Waals surface area contributed by atoms with E-state index < -0.39 is 0 Å². The van der Waals surface area contributed by atoms with Crippen molar-refractivity contribution in [1.82, 2.24) is 5.32 Å². The van der Waals surface area contributed by atoms with Crippen LogP contribution >= 0.6 is 0 Å². The first-order valence-corrected chi connectivity index (χ1v) is 20.0. The van der Waals surface area contributed by atoms with Gasteiger partial charge >= 0.3 is 0 Å². The molecule has 0 saturated heterocycles. The fraction of sp³-hybridized carbons (Fsp3) is 0.0755. The highest BCUT2D eigenvalue weighted by molar-refractivity contribution is 6.14. The van der Waals surface area contributed by atoms with E-state index in [1.54, 1.807) is 0 Å². The Labute approximate surface area is 345 Å². The molecule has 1 aliphatic heterocycles. The number of likely N-dealkylation sites (N-methyl/N-ethyl adjacent to an activating group) is 1.